The molecule has 1 aliphatic heterocycles. The average molecular weight is 511 g/mol. The highest BCUT2D eigenvalue weighted by Crippen LogP contribution is 2.27. The number of amides is 2. The fraction of sp³-hybridized carbons (Fsp3) is 0.250. The molecule has 1 fully saturated rings. The predicted molar refractivity (Wildman–Crippen MR) is 136 cm³/mol. The third-order valence-corrected chi connectivity index (χ3v) is 6.96. The molecule has 0 bridgehead atoms. The highest BCUT2D eigenvalue weighted by Gasteiger charge is 2.22. The van der Waals surface area contributed by atoms with Crippen molar-refractivity contribution in [3.8, 4) is 16.3 Å². The maximum atomic E-state index is 12.7. The van der Waals surface area contributed by atoms with Crippen LogP contribution in [0.25, 0.3) is 15.5 Å². The molecule has 2 aromatic carbocycles. The zero-order chi connectivity index (χ0) is 24.4. The van der Waals surface area contributed by atoms with Crippen molar-refractivity contribution in [2.24, 2.45) is 0 Å². The number of urea groups is 1. The number of halogens is 1. The highest BCUT2D eigenvalue weighted by molar-refractivity contribution is 7.19. The Balaban J connectivity index is 1.23. The number of para-hydroxylation sites is 2. The number of fused-ring (bicyclic) bond motifs is 1. The number of methoxy groups -OCH3 is 1. The van der Waals surface area contributed by atoms with Crippen molar-refractivity contribution in [2.45, 2.75) is 6.54 Å². The van der Waals surface area contributed by atoms with Gasteiger partial charge in [-0.2, -0.15) is 9.61 Å². The molecule has 0 aliphatic carbocycles. The molecular weight excluding hydrogens is 488 g/mol. The molecule has 9 nitrogen and oxygen atoms in total. The molecule has 1 saturated heterocycles. The first-order valence-corrected chi connectivity index (χ1v) is 12.3. The quantitative estimate of drug-likeness (QED) is 0.438. The number of hydrogen-bond donors (Lipinski definition) is 1. The lowest BCUT2D eigenvalue weighted by atomic mass is 10.2. The van der Waals surface area contributed by atoms with Crippen LogP contribution in [-0.2, 0) is 6.54 Å². The Hall–Kier alpha value is -3.47. The largest absolute Gasteiger partial charge is 0.495 e. The van der Waals surface area contributed by atoms with E-state index in [1.165, 1.54) is 21.9 Å². The third-order valence-electron chi connectivity index (χ3n) is 5.76. The summed E-state index contributed by atoms with van der Waals surface area (Å²) in [5.74, 6) is 0.619. The second kappa shape index (κ2) is 10.0. The van der Waals surface area contributed by atoms with Crippen LogP contribution in [0.1, 0.15) is 5.69 Å². The first-order valence-electron chi connectivity index (χ1n) is 11.1. The van der Waals surface area contributed by atoms with Gasteiger partial charge < -0.3 is 15.0 Å². The second-order valence-electron chi connectivity index (χ2n) is 8.09. The number of nitrogens with one attached hydrogen (secondary N) is 1. The van der Waals surface area contributed by atoms with Crippen LogP contribution in [-0.4, -0.2) is 63.7 Å². The molecule has 4 aromatic rings. The minimum atomic E-state index is -0.218. The summed E-state index contributed by atoms with van der Waals surface area (Å²) < 4.78 is 6.63. The van der Waals surface area contributed by atoms with Crippen molar-refractivity contribution in [2.75, 3.05) is 38.6 Å². The third kappa shape index (κ3) is 5.14. The maximum absolute atomic E-state index is 12.7. The van der Waals surface area contributed by atoms with Crippen LogP contribution in [0.4, 0.5) is 10.5 Å². The van der Waals surface area contributed by atoms with E-state index < -0.39 is 0 Å². The van der Waals surface area contributed by atoms with E-state index in [1.807, 2.05) is 36.4 Å². The number of rotatable bonds is 5. The Labute approximate surface area is 210 Å². The lowest BCUT2D eigenvalue weighted by Gasteiger charge is -2.34. The fourth-order valence-corrected chi connectivity index (χ4v) is 5.07. The summed E-state index contributed by atoms with van der Waals surface area (Å²) in [5.41, 5.74) is 1.95. The summed E-state index contributed by atoms with van der Waals surface area (Å²) in [6.45, 7) is 3.02. The van der Waals surface area contributed by atoms with E-state index in [0.717, 1.165) is 5.56 Å². The van der Waals surface area contributed by atoms with Crippen molar-refractivity contribution in [1.29, 1.82) is 0 Å². The molecular formula is C24H23ClN6O3S. The van der Waals surface area contributed by atoms with Gasteiger partial charge in [0.25, 0.3) is 5.56 Å². The van der Waals surface area contributed by atoms with Crippen LogP contribution in [0.3, 0.4) is 0 Å². The highest BCUT2D eigenvalue weighted by atomic mass is 35.5. The minimum absolute atomic E-state index is 0.162. The second-order valence-corrected chi connectivity index (χ2v) is 9.48. The molecule has 2 amide bonds. The predicted octanol–water partition coefficient (Wildman–Crippen LogP) is 3.83. The van der Waals surface area contributed by atoms with Crippen molar-refractivity contribution < 1.29 is 9.53 Å². The van der Waals surface area contributed by atoms with Crippen LogP contribution < -0.4 is 15.6 Å². The van der Waals surface area contributed by atoms with E-state index in [2.05, 4.69) is 20.3 Å². The Bertz CT molecular complexity index is 1430. The van der Waals surface area contributed by atoms with Gasteiger partial charge in [0.1, 0.15) is 10.8 Å². The molecule has 2 aromatic heterocycles. The van der Waals surface area contributed by atoms with E-state index in [0.29, 0.717) is 64.8 Å². The number of ether oxygens (including phenoxy) is 1. The SMILES string of the molecule is COc1ccccc1NC(=O)N1CCN(Cc2cc(=O)n3nc(-c4cccc(Cl)c4)sc3n2)CC1. The summed E-state index contributed by atoms with van der Waals surface area (Å²) in [6.07, 6.45) is 0. The number of anilines is 1. The van der Waals surface area contributed by atoms with Crippen molar-refractivity contribution in [1.82, 2.24) is 24.4 Å². The number of aromatic nitrogens is 3. The Morgan fingerprint density at radius 3 is 2.69 bits per heavy atom. The van der Waals surface area contributed by atoms with Gasteiger partial charge in [-0.3, -0.25) is 9.69 Å². The van der Waals surface area contributed by atoms with E-state index in [9.17, 15) is 9.59 Å². The number of piperazine rings is 1. The number of hydrogen-bond acceptors (Lipinski definition) is 7. The van der Waals surface area contributed by atoms with E-state index >= 15 is 0 Å². The average Bonchev–Trinajstić information content (AvgIpc) is 3.30. The van der Waals surface area contributed by atoms with E-state index in [-0.39, 0.29) is 11.6 Å². The summed E-state index contributed by atoms with van der Waals surface area (Å²) in [7, 11) is 1.57. The molecule has 35 heavy (non-hydrogen) atoms. The van der Waals surface area contributed by atoms with Gasteiger partial charge in [-0.1, -0.05) is 47.2 Å². The lowest BCUT2D eigenvalue weighted by molar-refractivity contribution is 0.142. The summed E-state index contributed by atoms with van der Waals surface area (Å²) in [4.78, 5) is 34.5. The first kappa shape index (κ1) is 23.3. The Morgan fingerprint density at radius 1 is 1.11 bits per heavy atom. The zero-order valence-electron chi connectivity index (χ0n) is 19.0. The molecule has 1 aliphatic rings. The number of carbonyl (C=O) groups is 1. The molecule has 0 spiro atoms. The summed E-state index contributed by atoms with van der Waals surface area (Å²) >= 11 is 7.45. The Morgan fingerprint density at radius 2 is 1.91 bits per heavy atom. The molecule has 11 heteroatoms. The van der Waals surface area contributed by atoms with E-state index in [1.54, 1.807) is 24.1 Å². The van der Waals surface area contributed by atoms with Gasteiger partial charge in [0.15, 0.2) is 0 Å². The standard InChI is InChI=1S/C24H23ClN6O3S/c1-34-20-8-3-2-7-19(20)27-23(33)30-11-9-29(10-12-30)15-18-14-21(32)31-24(26-18)35-22(28-31)16-5-4-6-17(25)13-16/h2-8,13-14H,9-12,15H2,1H3,(H,27,33). The van der Waals surface area contributed by atoms with Gasteiger partial charge in [-0.15, -0.1) is 0 Å². The molecule has 0 radical (unpaired) electrons. The summed E-state index contributed by atoms with van der Waals surface area (Å²) in [6, 6.07) is 16.0. The van der Waals surface area contributed by atoms with Crippen LogP contribution >= 0.6 is 22.9 Å². The molecule has 5 rings (SSSR count). The number of nitrogens with zero attached hydrogens (tertiary/aromatic N) is 5. The van der Waals surface area contributed by atoms with Gasteiger partial charge >= 0.3 is 6.03 Å². The van der Waals surface area contributed by atoms with Crippen LogP contribution in [0, 0.1) is 0 Å². The number of carbonyl (C=O) groups excluding carboxylic acids is 1. The first-order chi connectivity index (χ1) is 17.0. The van der Waals surface area contributed by atoms with Crippen molar-refractivity contribution in [3.63, 3.8) is 0 Å². The molecule has 3 heterocycles. The van der Waals surface area contributed by atoms with E-state index in [4.69, 9.17) is 16.3 Å². The van der Waals surface area contributed by atoms with Crippen LogP contribution in [0.15, 0.2) is 59.4 Å². The Kier molecular flexibility index (Phi) is 6.67. The lowest BCUT2D eigenvalue weighted by Crippen LogP contribution is -2.49. The summed E-state index contributed by atoms with van der Waals surface area (Å²) in [5, 5.41) is 8.63. The molecule has 0 saturated carbocycles. The van der Waals surface area contributed by atoms with Gasteiger partial charge in [-0.25, -0.2) is 9.78 Å². The van der Waals surface area contributed by atoms with Crippen LogP contribution in [0.5, 0.6) is 5.75 Å². The van der Waals surface area contributed by atoms with Crippen molar-refractivity contribution >= 4 is 39.6 Å². The molecule has 0 unspecified atom stereocenters. The number of benzene rings is 2. The fourth-order valence-electron chi connectivity index (χ4n) is 3.96. The molecule has 0 atom stereocenters. The normalized spacial score (nSPS) is 14.3. The van der Waals surface area contributed by atoms with Gasteiger partial charge in [0, 0.05) is 49.4 Å². The molecule has 1 N–H and O–H groups in total. The van der Waals surface area contributed by atoms with Gasteiger partial charge in [0.2, 0.25) is 4.96 Å². The van der Waals surface area contributed by atoms with Gasteiger partial charge in [0.05, 0.1) is 18.5 Å². The van der Waals surface area contributed by atoms with Crippen molar-refractivity contribution in [3.05, 3.63) is 75.7 Å². The van der Waals surface area contributed by atoms with Gasteiger partial charge in [-0.05, 0) is 24.3 Å². The maximum Gasteiger partial charge on any atom is 0.322 e. The zero-order valence-corrected chi connectivity index (χ0v) is 20.6. The van der Waals surface area contributed by atoms with Crippen LogP contribution in [0.2, 0.25) is 5.02 Å². The minimum Gasteiger partial charge on any atom is -0.495 e. The monoisotopic (exact) mass is 510 g/mol. The molecule has 180 valence electrons. The topological polar surface area (TPSA) is 92.1 Å². The smallest absolute Gasteiger partial charge is 0.322 e.